The summed E-state index contributed by atoms with van der Waals surface area (Å²) < 4.78 is 30.1. The van der Waals surface area contributed by atoms with Crippen LogP contribution >= 0.6 is 0 Å². The summed E-state index contributed by atoms with van der Waals surface area (Å²) in [6.07, 6.45) is 0. The standard InChI is InChI=1S/C14H26N4O2S/c1-9(2)18-12(5)14(11(4)15-18)21(19,20)16-13-8-17(6)7-10(13)3/h9-10,13,16H,7-8H2,1-6H3/t10-,13-/m1/s1. The smallest absolute Gasteiger partial charge is 0.244 e. The van der Waals surface area contributed by atoms with Gasteiger partial charge in [-0.25, -0.2) is 13.1 Å². The van der Waals surface area contributed by atoms with Gasteiger partial charge in [0.1, 0.15) is 4.90 Å². The number of nitrogens with zero attached hydrogens (tertiary/aromatic N) is 3. The third-order valence-electron chi connectivity index (χ3n) is 4.12. The maximum absolute atomic E-state index is 12.7. The van der Waals surface area contributed by atoms with E-state index in [1.54, 1.807) is 11.6 Å². The first-order valence-corrected chi connectivity index (χ1v) is 8.88. The molecule has 1 fully saturated rings. The minimum Gasteiger partial charge on any atom is -0.304 e. The van der Waals surface area contributed by atoms with E-state index in [2.05, 4.69) is 21.6 Å². The van der Waals surface area contributed by atoms with Crippen LogP contribution < -0.4 is 4.72 Å². The lowest BCUT2D eigenvalue weighted by atomic mass is 10.1. The van der Waals surface area contributed by atoms with Gasteiger partial charge < -0.3 is 4.90 Å². The monoisotopic (exact) mass is 314 g/mol. The van der Waals surface area contributed by atoms with Crippen LogP contribution in [0.2, 0.25) is 0 Å². The highest BCUT2D eigenvalue weighted by Crippen LogP contribution is 2.24. The van der Waals surface area contributed by atoms with Gasteiger partial charge in [-0.1, -0.05) is 6.92 Å². The number of likely N-dealkylation sites (tertiary alicyclic amines) is 1. The van der Waals surface area contributed by atoms with Crippen LogP contribution in [0.1, 0.15) is 38.2 Å². The van der Waals surface area contributed by atoms with Crippen molar-refractivity contribution in [2.24, 2.45) is 5.92 Å². The van der Waals surface area contributed by atoms with Crippen molar-refractivity contribution < 1.29 is 8.42 Å². The second-order valence-corrected chi connectivity index (χ2v) is 8.12. The van der Waals surface area contributed by atoms with Gasteiger partial charge >= 0.3 is 0 Å². The number of hydrogen-bond donors (Lipinski definition) is 1. The third-order valence-corrected chi connectivity index (χ3v) is 5.86. The number of likely N-dealkylation sites (N-methyl/N-ethyl adjacent to an activating group) is 1. The van der Waals surface area contributed by atoms with E-state index in [1.807, 2.05) is 27.8 Å². The maximum Gasteiger partial charge on any atom is 0.244 e. The Balaban J connectivity index is 2.32. The molecule has 0 bridgehead atoms. The number of sulfonamides is 1. The number of nitrogens with one attached hydrogen (secondary N) is 1. The molecule has 2 heterocycles. The second-order valence-electron chi connectivity index (χ2n) is 6.46. The molecule has 2 atom stereocenters. The molecule has 120 valence electrons. The summed E-state index contributed by atoms with van der Waals surface area (Å²) in [5, 5.41) is 4.37. The fourth-order valence-electron chi connectivity index (χ4n) is 3.16. The Kier molecular flexibility index (Phi) is 4.46. The lowest BCUT2D eigenvalue weighted by Crippen LogP contribution is -2.39. The topological polar surface area (TPSA) is 67.2 Å². The zero-order chi connectivity index (χ0) is 15.9. The summed E-state index contributed by atoms with van der Waals surface area (Å²) >= 11 is 0. The fourth-order valence-corrected chi connectivity index (χ4v) is 4.90. The molecule has 1 aromatic rings. The number of hydrogen-bond acceptors (Lipinski definition) is 4. The molecule has 1 N–H and O–H groups in total. The van der Waals surface area contributed by atoms with Crippen molar-refractivity contribution >= 4 is 10.0 Å². The number of aromatic nitrogens is 2. The molecule has 6 nitrogen and oxygen atoms in total. The Morgan fingerprint density at radius 2 is 1.90 bits per heavy atom. The van der Waals surface area contributed by atoms with Gasteiger partial charge in [-0.3, -0.25) is 4.68 Å². The molecule has 0 saturated carbocycles. The maximum atomic E-state index is 12.7. The largest absolute Gasteiger partial charge is 0.304 e. The van der Waals surface area contributed by atoms with Crippen LogP contribution in [0.15, 0.2) is 4.90 Å². The highest BCUT2D eigenvalue weighted by atomic mass is 32.2. The van der Waals surface area contributed by atoms with E-state index in [1.165, 1.54) is 0 Å². The minimum absolute atomic E-state index is 0.0406. The average Bonchev–Trinajstić information content (AvgIpc) is 2.79. The quantitative estimate of drug-likeness (QED) is 0.910. The van der Waals surface area contributed by atoms with Crippen molar-refractivity contribution in [3.05, 3.63) is 11.4 Å². The minimum atomic E-state index is -3.53. The Bertz CT molecular complexity index is 621. The Morgan fingerprint density at radius 1 is 1.29 bits per heavy atom. The van der Waals surface area contributed by atoms with E-state index in [4.69, 9.17) is 0 Å². The number of rotatable bonds is 4. The molecule has 2 rings (SSSR count). The van der Waals surface area contributed by atoms with Crippen LogP contribution in [0.5, 0.6) is 0 Å². The van der Waals surface area contributed by atoms with E-state index < -0.39 is 10.0 Å². The molecule has 0 spiro atoms. The molecule has 1 aromatic heterocycles. The molecule has 1 saturated heterocycles. The van der Waals surface area contributed by atoms with Gasteiger partial charge in [0.05, 0.1) is 11.4 Å². The van der Waals surface area contributed by atoms with E-state index in [0.717, 1.165) is 13.1 Å². The van der Waals surface area contributed by atoms with E-state index in [0.29, 0.717) is 22.2 Å². The van der Waals surface area contributed by atoms with Gasteiger partial charge in [-0.2, -0.15) is 5.10 Å². The first-order chi connectivity index (χ1) is 9.63. The van der Waals surface area contributed by atoms with Crippen molar-refractivity contribution in [1.29, 1.82) is 0 Å². The first-order valence-electron chi connectivity index (χ1n) is 7.40. The van der Waals surface area contributed by atoms with Crippen LogP contribution in [0.3, 0.4) is 0 Å². The van der Waals surface area contributed by atoms with E-state index in [-0.39, 0.29) is 12.1 Å². The Hall–Kier alpha value is -0.920. The summed E-state index contributed by atoms with van der Waals surface area (Å²) in [6, 6.07) is 0.102. The van der Waals surface area contributed by atoms with Crippen LogP contribution in [-0.2, 0) is 10.0 Å². The normalized spacial score (nSPS) is 24.1. The highest BCUT2D eigenvalue weighted by molar-refractivity contribution is 7.89. The summed E-state index contributed by atoms with van der Waals surface area (Å²) in [5.41, 5.74) is 1.27. The lowest BCUT2D eigenvalue weighted by molar-refractivity contribution is 0.400. The van der Waals surface area contributed by atoms with Crippen LogP contribution in [0, 0.1) is 19.8 Å². The fraction of sp³-hybridized carbons (Fsp3) is 0.786. The van der Waals surface area contributed by atoms with Crippen molar-refractivity contribution in [3.8, 4) is 0 Å². The van der Waals surface area contributed by atoms with Crippen molar-refractivity contribution in [2.45, 2.75) is 51.6 Å². The van der Waals surface area contributed by atoms with Crippen molar-refractivity contribution in [1.82, 2.24) is 19.4 Å². The predicted octanol–water partition coefficient (Wildman–Crippen LogP) is 1.31. The van der Waals surface area contributed by atoms with Crippen LogP contribution in [-0.4, -0.2) is 49.3 Å². The number of aryl methyl sites for hydroxylation is 1. The molecule has 1 aliphatic heterocycles. The summed E-state index contributed by atoms with van der Waals surface area (Å²) in [7, 11) is -1.52. The highest BCUT2D eigenvalue weighted by Gasteiger charge is 2.33. The second kappa shape index (κ2) is 5.70. The molecular weight excluding hydrogens is 288 g/mol. The molecule has 0 aromatic carbocycles. The summed E-state index contributed by atoms with van der Waals surface area (Å²) in [5.74, 6) is 0.311. The Morgan fingerprint density at radius 3 is 2.33 bits per heavy atom. The molecule has 0 amide bonds. The van der Waals surface area contributed by atoms with Gasteiger partial charge in [0.25, 0.3) is 0 Å². The molecule has 7 heteroatoms. The van der Waals surface area contributed by atoms with Crippen molar-refractivity contribution in [2.75, 3.05) is 20.1 Å². The summed E-state index contributed by atoms with van der Waals surface area (Å²) in [4.78, 5) is 2.48. The van der Waals surface area contributed by atoms with Gasteiger partial charge in [0.2, 0.25) is 10.0 Å². The van der Waals surface area contributed by atoms with Crippen molar-refractivity contribution in [3.63, 3.8) is 0 Å². The third kappa shape index (κ3) is 3.14. The average molecular weight is 314 g/mol. The van der Waals surface area contributed by atoms with Gasteiger partial charge in [0, 0.05) is 25.2 Å². The van der Waals surface area contributed by atoms with E-state index in [9.17, 15) is 8.42 Å². The van der Waals surface area contributed by atoms with Gasteiger partial charge in [-0.05, 0) is 40.7 Å². The SMILES string of the molecule is Cc1nn(C(C)C)c(C)c1S(=O)(=O)N[C@@H]1CN(C)C[C@H]1C. The zero-order valence-corrected chi connectivity index (χ0v) is 14.5. The van der Waals surface area contributed by atoms with Crippen LogP contribution in [0.4, 0.5) is 0 Å². The molecule has 21 heavy (non-hydrogen) atoms. The summed E-state index contributed by atoms with van der Waals surface area (Å²) in [6.45, 7) is 11.3. The Labute approximate surface area is 127 Å². The molecular formula is C14H26N4O2S. The zero-order valence-electron chi connectivity index (χ0n) is 13.7. The molecule has 0 radical (unpaired) electrons. The van der Waals surface area contributed by atoms with Gasteiger partial charge in [-0.15, -0.1) is 0 Å². The van der Waals surface area contributed by atoms with Gasteiger partial charge in [0.15, 0.2) is 0 Å². The van der Waals surface area contributed by atoms with Crippen LogP contribution in [0.25, 0.3) is 0 Å². The predicted molar refractivity (Wildman–Crippen MR) is 82.9 cm³/mol. The molecule has 1 aliphatic rings. The molecule has 0 unspecified atom stereocenters. The lowest BCUT2D eigenvalue weighted by Gasteiger charge is -2.17. The first kappa shape index (κ1) is 16.5. The van der Waals surface area contributed by atoms with E-state index >= 15 is 0 Å². The molecule has 0 aliphatic carbocycles.